The van der Waals surface area contributed by atoms with Gasteiger partial charge in [0.1, 0.15) is 0 Å². The predicted octanol–water partition coefficient (Wildman–Crippen LogP) is 2.88. The summed E-state index contributed by atoms with van der Waals surface area (Å²) in [6, 6.07) is 9.32. The second-order valence-electron chi connectivity index (χ2n) is 4.34. The maximum atomic E-state index is 3.55. The summed E-state index contributed by atoms with van der Waals surface area (Å²) in [7, 11) is 0. The fourth-order valence-corrected chi connectivity index (χ4v) is 2.04. The Morgan fingerprint density at radius 2 is 2.06 bits per heavy atom. The van der Waals surface area contributed by atoms with Crippen LogP contribution in [0.15, 0.2) is 30.5 Å². The first-order valence-electron chi connectivity index (χ1n) is 5.72. The zero-order valence-corrected chi connectivity index (χ0v) is 10.0. The molecule has 0 radical (unpaired) electrons. The van der Waals surface area contributed by atoms with Crippen molar-refractivity contribution in [1.29, 1.82) is 0 Å². The third-order valence-corrected chi connectivity index (χ3v) is 3.08. The lowest BCUT2D eigenvalue weighted by atomic mass is 10.1. The van der Waals surface area contributed by atoms with Crippen LogP contribution in [0.3, 0.4) is 0 Å². The normalized spacial score (nSPS) is 15.0. The first kappa shape index (κ1) is 11.5. The molecule has 0 spiro atoms. The molecule has 2 nitrogen and oxygen atoms in total. The number of aromatic amines is 1. The molecule has 0 saturated heterocycles. The van der Waals surface area contributed by atoms with Crippen molar-refractivity contribution < 1.29 is 0 Å². The van der Waals surface area contributed by atoms with Crippen LogP contribution in [0.2, 0.25) is 0 Å². The van der Waals surface area contributed by atoms with Gasteiger partial charge in [0.05, 0.1) is 0 Å². The van der Waals surface area contributed by atoms with Crippen molar-refractivity contribution in [3.8, 4) is 0 Å². The van der Waals surface area contributed by atoms with Crippen LogP contribution in [0.4, 0.5) is 0 Å². The molecule has 0 atom stereocenters. The van der Waals surface area contributed by atoms with Crippen molar-refractivity contribution >= 4 is 23.3 Å². The number of nitrogens with one attached hydrogen (secondary N) is 2. The zero-order valence-electron chi connectivity index (χ0n) is 9.20. The summed E-state index contributed by atoms with van der Waals surface area (Å²) < 4.78 is 0. The Kier molecular flexibility index (Phi) is 3.52. The van der Waals surface area contributed by atoms with Crippen LogP contribution in [-0.4, -0.2) is 17.6 Å². The monoisotopic (exact) mass is 236 g/mol. The van der Waals surface area contributed by atoms with Crippen molar-refractivity contribution in [2.24, 2.45) is 0 Å². The van der Waals surface area contributed by atoms with E-state index in [9.17, 15) is 0 Å². The molecular weight excluding hydrogens is 220 g/mol. The molecule has 86 valence electrons. The number of hydrogen-bond acceptors (Lipinski definition) is 1. The van der Waals surface area contributed by atoms with Gasteiger partial charge in [0.25, 0.3) is 0 Å². The van der Waals surface area contributed by atoms with Gasteiger partial charge in [0.2, 0.25) is 0 Å². The van der Waals surface area contributed by atoms with Gasteiger partial charge in [-0.3, -0.25) is 0 Å². The largest absolute Gasteiger partial charge is 0.361 e. The minimum atomic E-state index is 0. The zero-order chi connectivity index (χ0) is 10.1. The van der Waals surface area contributed by atoms with Gasteiger partial charge in [-0.05, 0) is 37.4 Å². The van der Waals surface area contributed by atoms with Crippen LogP contribution >= 0.6 is 12.4 Å². The first-order valence-corrected chi connectivity index (χ1v) is 5.72. The van der Waals surface area contributed by atoms with Crippen molar-refractivity contribution in [2.75, 3.05) is 6.54 Å². The van der Waals surface area contributed by atoms with Gasteiger partial charge in [-0.2, -0.15) is 0 Å². The lowest BCUT2D eigenvalue weighted by Crippen LogP contribution is -2.19. The number of para-hydroxylation sites is 1. The molecule has 2 aromatic rings. The highest BCUT2D eigenvalue weighted by Crippen LogP contribution is 2.20. The highest BCUT2D eigenvalue weighted by atomic mass is 35.5. The van der Waals surface area contributed by atoms with Crippen LogP contribution in [0.25, 0.3) is 10.9 Å². The van der Waals surface area contributed by atoms with Crippen molar-refractivity contribution in [1.82, 2.24) is 10.3 Å². The smallest absolute Gasteiger partial charge is 0.0456 e. The van der Waals surface area contributed by atoms with Gasteiger partial charge in [-0.15, -0.1) is 12.4 Å². The molecule has 0 unspecified atom stereocenters. The summed E-state index contributed by atoms with van der Waals surface area (Å²) in [5.74, 6) is 0. The van der Waals surface area contributed by atoms with Crippen molar-refractivity contribution in [3.63, 3.8) is 0 Å². The molecule has 3 rings (SSSR count). The fraction of sp³-hybridized carbons (Fsp3) is 0.385. The molecule has 0 bridgehead atoms. The Hall–Kier alpha value is -0.990. The summed E-state index contributed by atoms with van der Waals surface area (Å²) in [5, 5.41) is 4.92. The van der Waals surface area contributed by atoms with Gasteiger partial charge < -0.3 is 10.3 Å². The maximum Gasteiger partial charge on any atom is 0.0456 e. The van der Waals surface area contributed by atoms with E-state index in [1.165, 1.54) is 29.3 Å². The van der Waals surface area contributed by atoms with Crippen LogP contribution in [0.5, 0.6) is 0 Å². The van der Waals surface area contributed by atoms with E-state index < -0.39 is 0 Å². The van der Waals surface area contributed by atoms with E-state index in [1.54, 1.807) is 0 Å². The number of halogens is 1. The first-order chi connectivity index (χ1) is 7.43. The fourth-order valence-electron chi connectivity index (χ4n) is 2.04. The van der Waals surface area contributed by atoms with E-state index >= 15 is 0 Å². The Morgan fingerprint density at radius 1 is 1.25 bits per heavy atom. The van der Waals surface area contributed by atoms with E-state index in [0.717, 1.165) is 19.0 Å². The average molecular weight is 237 g/mol. The summed E-state index contributed by atoms with van der Waals surface area (Å²) in [6.07, 6.45) is 6.00. The molecule has 16 heavy (non-hydrogen) atoms. The topological polar surface area (TPSA) is 27.8 Å². The third-order valence-electron chi connectivity index (χ3n) is 3.08. The molecule has 1 aliphatic carbocycles. The van der Waals surface area contributed by atoms with Crippen LogP contribution < -0.4 is 5.32 Å². The van der Waals surface area contributed by atoms with Crippen molar-refractivity contribution in [3.05, 3.63) is 36.0 Å². The Labute approximate surface area is 102 Å². The van der Waals surface area contributed by atoms with Gasteiger partial charge in [-0.25, -0.2) is 0 Å². The molecule has 1 fully saturated rings. The number of fused-ring (bicyclic) bond motifs is 1. The molecule has 1 saturated carbocycles. The molecule has 1 heterocycles. The van der Waals surface area contributed by atoms with Crippen molar-refractivity contribution in [2.45, 2.75) is 25.3 Å². The molecule has 2 N–H and O–H groups in total. The minimum absolute atomic E-state index is 0. The maximum absolute atomic E-state index is 3.55. The molecule has 1 aromatic carbocycles. The van der Waals surface area contributed by atoms with E-state index in [2.05, 4.69) is 40.8 Å². The van der Waals surface area contributed by atoms with Gasteiger partial charge in [0, 0.05) is 23.1 Å². The lowest BCUT2D eigenvalue weighted by molar-refractivity contribution is 0.683. The Morgan fingerprint density at radius 3 is 2.88 bits per heavy atom. The minimum Gasteiger partial charge on any atom is -0.361 e. The summed E-state index contributed by atoms with van der Waals surface area (Å²) in [4.78, 5) is 3.31. The number of hydrogen-bond donors (Lipinski definition) is 2. The predicted molar refractivity (Wildman–Crippen MR) is 70.3 cm³/mol. The van der Waals surface area contributed by atoms with E-state index in [-0.39, 0.29) is 12.4 Å². The average Bonchev–Trinajstić information content (AvgIpc) is 3.00. The molecule has 0 amide bonds. The summed E-state index contributed by atoms with van der Waals surface area (Å²) in [6.45, 7) is 1.10. The Balaban J connectivity index is 0.000000963. The van der Waals surface area contributed by atoms with Crippen LogP contribution in [0.1, 0.15) is 18.4 Å². The van der Waals surface area contributed by atoms with Gasteiger partial charge in [-0.1, -0.05) is 18.2 Å². The van der Waals surface area contributed by atoms with Crippen LogP contribution in [0, 0.1) is 0 Å². The number of benzene rings is 1. The second-order valence-corrected chi connectivity index (χ2v) is 4.34. The van der Waals surface area contributed by atoms with Crippen LogP contribution in [-0.2, 0) is 6.42 Å². The Bertz CT molecular complexity index is 460. The number of rotatable bonds is 4. The highest BCUT2D eigenvalue weighted by Gasteiger charge is 2.19. The van der Waals surface area contributed by atoms with E-state index in [4.69, 9.17) is 0 Å². The SMILES string of the molecule is Cl.c1ccc2c(CCNC3CC3)c[nH]c2c1. The third kappa shape index (κ3) is 2.39. The number of aromatic nitrogens is 1. The molecule has 0 aliphatic heterocycles. The van der Waals surface area contributed by atoms with Gasteiger partial charge in [0.15, 0.2) is 0 Å². The van der Waals surface area contributed by atoms with Gasteiger partial charge >= 0.3 is 0 Å². The number of H-pyrrole nitrogens is 1. The molecular formula is C13H17ClN2. The quantitative estimate of drug-likeness (QED) is 0.840. The lowest BCUT2D eigenvalue weighted by Gasteiger charge is -2.01. The highest BCUT2D eigenvalue weighted by molar-refractivity contribution is 5.85. The molecule has 1 aromatic heterocycles. The second kappa shape index (κ2) is 4.89. The van der Waals surface area contributed by atoms with E-state index in [1.807, 2.05) is 0 Å². The summed E-state index contributed by atoms with van der Waals surface area (Å²) in [5.41, 5.74) is 2.68. The standard InChI is InChI=1S/C13H16N2.ClH/c1-2-4-13-12(3-1)10(9-15-13)7-8-14-11-5-6-11;/h1-4,9,11,14-15H,5-8H2;1H. The summed E-state index contributed by atoms with van der Waals surface area (Å²) >= 11 is 0. The van der Waals surface area contributed by atoms with E-state index in [0.29, 0.717) is 0 Å². The molecule has 1 aliphatic rings. The molecule has 3 heteroatoms.